The van der Waals surface area contributed by atoms with Gasteiger partial charge in [0, 0.05) is 6.42 Å². The third kappa shape index (κ3) is 3.05. The molecule has 0 aromatic carbocycles. The Labute approximate surface area is 170 Å². The molecule has 4 heteroatoms. The lowest BCUT2D eigenvalue weighted by molar-refractivity contribution is -0.175. The van der Waals surface area contributed by atoms with Crippen LogP contribution in [0.1, 0.15) is 85.0 Å². The zero-order chi connectivity index (χ0) is 20.3. The SMILES string of the molecule is C[C@H](CCC(=O)O)C1CC[C@H]2[C@@H]3CC[C@@H]4C[C@H](O)CC[C@]4(C)[C@H]3C[C@@H](O)[C@]12C. The highest BCUT2D eigenvalue weighted by molar-refractivity contribution is 5.66. The average Bonchev–Trinajstić information content (AvgIpc) is 3.00. The summed E-state index contributed by atoms with van der Waals surface area (Å²) in [7, 11) is 0. The molecule has 4 rings (SSSR count). The molecule has 4 aliphatic carbocycles. The van der Waals surface area contributed by atoms with Crippen LogP contribution in [0.2, 0.25) is 0 Å². The van der Waals surface area contributed by atoms with Crippen molar-refractivity contribution in [3.63, 3.8) is 0 Å². The molecule has 28 heavy (non-hydrogen) atoms. The fourth-order valence-electron chi connectivity index (χ4n) is 8.71. The van der Waals surface area contributed by atoms with E-state index in [4.69, 9.17) is 5.11 Å². The summed E-state index contributed by atoms with van der Waals surface area (Å²) >= 11 is 0. The van der Waals surface area contributed by atoms with Crippen molar-refractivity contribution in [1.82, 2.24) is 0 Å². The summed E-state index contributed by atoms with van der Waals surface area (Å²) < 4.78 is 0. The molecule has 4 fully saturated rings. The van der Waals surface area contributed by atoms with Crippen molar-refractivity contribution >= 4 is 5.97 Å². The van der Waals surface area contributed by atoms with Gasteiger partial charge in [0.2, 0.25) is 0 Å². The van der Waals surface area contributed by atoms with E-state index in [1.165, 1.54) is 19.3 Å². The Balaban J connectivity index is 1.56. The van der Waals surface area contributed by atoms with Crippen LogP contribution in [0.15, 0.2) is 0 Å². The third-order valence-corrected chi connectivity index (χ3v) is 10.3. The van der Waals surface area contributed by atoms with E-state index < -0.39 is 5.97 Å². The van der Waals surface area contributed by atoms with Gasteiger partial charge in [0.15, 0.2) is 0 Å². The molecule has 160 valence electrons. The number of carboxylic acid groups (broad SMARTS) is 1. The zero-order valence-corrected chi connectivity index (χ0v) is 17.9. The van der Waals surface area contributed by atoms with Crippen LogP contribution >= 0.6 is 0 Å². The van der Waals surface area contributed by atoms with Crippen molar-refractivity contribution in [2.24, 2.45) is 46.3 Å². The number of hydrogen-bond donors (Lipinski definition) is 3. The largest absolute Gasteiger partial charge is 0.481 e. The number of hydrogen-bond acceptors (Lipinski definition) is 3. The van der Waals surface area contributed by atoms with Crippen LogP contribution in [-0.2, 0) is 4.79 Å². The van der Waals surface area contributed by atoms with Gasteiger partial charge in [-0.3, -0.25) is 4.79 Å². The molecule has 0 radical (unpaired) electrons. The first-order chi connectivity index (χ1) is 13.2. The normalized spacial score (nSPS) is 51.7. The van der Waals surface area contributed by atoms with Gasteiger partial charge in [-0.15, -0.1) is 0 Å². The van der Waals surface area contributed by atoms with Gasteiger partial charge in [-0.2, -0.15) is 0 Å². The summed E-state index contributed by atoms with van der Waals surface area (Å²) in [6.45, 7) is 6.99. The van der Waals surface area contributed by atoms with Gasteiger partial charge in [-0.25, -0.2) is 0 Å². The van der Waals surface area contributed by atoms with E-state index in [2.05, 4.69) is 20.8 Å². The second kappa shape index (κ2) is 7.27. The predicted octanol–water partition coefficient (Wildman–Crippen LogP) is 4.48. The molecule has 1 unspecified atom stereocenters. The van der Waals surface area contributed by atoms with E-state index in [9.17, 15) is 15.0 Å². The molecular weight excluding hydrogens is 352 g/mol. The number of aliphatic carboxylic acids is 1. The maximum absolute atomic E-state index is 11.5. The average molecular weight is 393 g/mol. The molecule has 0 saturated heterocycles. The maximum Gasteiger partial charge on any atom is 0.303 e. The Morgan fingerprint density at radius 3 is 2.50 bits per heavy atom. The zero-order valence-electron chi connectivity index (χ0n) is 17.9. The highest BCUT2D eigenvalue weighted by Crippen LogP contribution is 2.68. The summed E-state index contributed by atoms with van der Waals surface area (Å²) in [4.78, 5) is 11.1. The molecule has 4 nitrogen and oxygen atoms in total. The van der Waals surface area contributed by atoms with Crippen molar-refractivity contribution in [3.05, 3.63) is 0 Å². The van der Waals surface area contributed by atoms with Gasteiger partial charge in [0.1, 0.15) is 0 Å². The standard InChI is InChI=1S/C24H40O4/c1-14(4-9-22(27)28)18-7-8-19-17-6-5-15-12-16(25)10-11-23(15,2)20(17)13-21(26)24(18,19)3/h14-21,25-26H,4-13H2,1-3H3,(H,27,28)/t14-,15-,16-,17+,18?,19+,20+,21-,23+,24-/m1/s1. The molecule has 0 amide bonds. The fraction of sp³-hybridized carbons (Fsp3) is 0.958. The first-order valence-electron chi connectivity index (χ1n) is 11.8. The van der Waals surface area contributed by atoms with Crippen molar-refractivity contribution < 1.29 is 20.1 Å². The summed E-state index contributed by atoms with van der Waals surface area (Å²) in [6.07, 6.45) is 9.26. The Kier molecular flexibility index (Phi) is 5.36. The monoisotopic (exact) mass is 392 g/mol. The third-order valence-electron chi connectivity index (χ3n) is 10.3. The molecule has 3 N–H and O–H groups in total. The lowest BCUT2D eigenvalue weighted by atomic mass is 9.43. The van der Waals surface area contributed by atoms with Crippen molar-refractivity contribution in [3.8, 4) is 0 Å². The first kappa shape index (κ1) is 20.7. The van der Waals surface area contributed by atoms with Crippen LogP contribution in [0.5, 0.6) is 0 Å². The lowest BCUT2D eigenvalue weighted by Gasteiger charge is -2.62. The Morgan fingerprint density at radius 1 is 1.04 bits per heavy atom. The molecule has 4 saturated carbocycles. The molecule has 0 spiro atoms. The van der Waals surface area contributed by atoms with Gasteiger partial charge in [-0.1, -0.05) is 20.8 Å². The van der Waals surface area contributed by atoms with Crippen LogP contribution in [0.25, 0.3) is 0 Å². The van der Waals surface area contributed by atoms with E-state index in [1.807, 2.05) is 0 Å². The fourth-order valence-corrected chi connectivity index (χ4v) is 8.71. The van der Waals surface area contributed by atoms with E-state index >= 15 is 0 Å². The number of carbonyl (C=O) groups is 1. The molecule has 0 aliphatic heterocycles. The van der Waals surface area contributed by atoms with E-state index in [0.717, 1.165) is 38.5 Å². The van der Waals surface area contributed by atoms with Gasteiger partial charge in [0.25, 0.3) is 0 Å². The van der Waals surface area contributed by atoms with E-state index in [0.29, 0.717) is 35.5 Å². The van der Waals surface area contributed by atoms with Gasteiger partial charge >= 0.3 is 5.97 Å². The summed E-state index contributed by atoms with van der Waals surface area (Å²) in [5.74, 6) is 2.55. The molecule has 0 aromatic rings. The quantitative estimate of drug-likeness (QED) is 0.659. The molecule has 0 aromatic heterocycles. The molecule has 10 atom stereocenters. The highest BCUT2D eigenvalue weighted by Gasteiger charge is 2.63. The van der Waals surface area contributed by atoms with Crippen LogP contribution in [0.4, 0.5) is 0 Å². The minimum Gasteiger partial charge on any atom is -0.481 e. The number of aliphatic hydroxyl groups excluding tert-OH is 2. The van der Waals surface area contributed by atoms with Gasteiger partial charge in [-0.05, 0) is 104 Å². The predicted molar refractivity (Wildman–Crippen MR) is 109 cm³/mol. The van der Waals surface area contributed by atoms with Crippen LogP contribution < -0.4 is 0 Å². The van der Waals surface area contributed by atoms with Crippen molar-refractivity contribution in [2.75, 3.05) is 0 Å². The Morgan fingerprint density at radius 2 is 1.79 bits per heavy atom. The van der Waals surface area contributed by atoms with Gasteiger partial charge < -0.3 is 15.3 Å². The molecule has 4 aliphatic rings. The van der Waals surface area contributed by atoms with Crippen molar-refractivity contribution in [1.29, 1.82) is 0 Å². The minimum atomic E-state index is -0.707. The minimum absolute atomic E-state index is 0.0591. The van der Waals surface area contributed by atoms with Crippen molar-refractivity contribution in [2.45, 2.75) is 97.2 Å². The molecular formula is C24H40O4. The first-order valence-corrected chi connectivity index (χ1v) is 11.8. The van der Waals surface area contributed by atoms with E-state index in [1.54, 1.807) is 0 Å². The van der Waals surface area contributed by atoms with Crippen LogP contribution in [-0.4, -0.2) is 33.5 Å². The number of carboxylic acids is 1. The number of aliphatic hydroxyl groups is 2. The van der Waals surface area contributed by atoms with Crippen LogP contribution in [0, 0.1) is 46.3 Å². The van der Waals surface area contributed by atoms with Gasteiger partial charge in [0.05, 0.1) is 12.2 Å². The molecule has 0 bridgehead atoms. The summed E-state index contributed by atoms with van der Waals surface area (Å²) in [5, 5.41) is 30.8. The number of rotatable bonds is 4. The second-order valence-corrected chi connectivity index (χ2v) is 11.3. The van der Waals surface area contributed by atoms with E-state index in [-0.39, 0.29) is 29.5 Å². The maximum atomic E-state index is 11.5. The van der Waals surface area contributed by atoms with Crippen LogP contribution in [0.3, 0.4) is 0 Å². The topological polar surface area (TPSA) is 77.8 Å². The molecule has 0 heterocycles. The second-order valence-electron chi connectivity index (χ2n) is 11.3. The highest BCUT2D eigenvalue weighted by atomic mass is 16.4. The Bertz CT molecular complexity index is 605. The lowest BCUT2D eigenvalue weighted by Crippen LogP contribution is -2.58. The Hall–Kier alpha value is -0.610. The summed E-state index contributed by atoms with van der Waals surface area (Å²) in [5.41, 5.74) is 0.216. The summed E-state index contributed by atoms with van der Waals surface area (Å²) in [6, 6.07) is 0. The number of fused-ring (bicyclic) bond motifs is 5. The smallest absolute Gasteiger partial charge is 0.303 e.